The van der Waals surface area contributed by atoms with Crippen LogP contribution in [0.2, 0.25) is 0 Å². The lowest BCUT2D eigenvalue weighted by molar-refractivity contribution is 0.976. The number of nitrogens with zero attached hydrogens (tertiary/aromatic N) is 3. The highest BCUT2D eigenvalue weighted by Gasteiger charge is 1.99. The van der Waals surface area contributed by atoms with Gasteiger partial charge in [0, 0.05) is 24.0 Å². The van der Waals surface area contributed by atoms with Crippen LogP contribution in [0.4, 0.5) is 5.82 Å². The van der Waals surface area contributed by atoms with E-state index < -0.39 is 0 Å². The summed E-state index contributed by atoms with van der Waals surface area (Å²) in [5, 5.41) is 15.1. The van der Waals surface area contributed by atoms with Crippen LogP contribution < -0.4 is 5.32 Å². The average Bonchev–Trinajstić information content (AvgIpc) is 2.75. The molecule has 0 radical (unpaired) electrons. The van der Waals surface area contributed by atoms with Gasteiger partial charge in [-0.15, -0.1) is 11.3 Å². The highest BCUT2D eigenvalue weighted by molar-refractivity contribution is 7.09. The minimum Gasteiger partial charge on any atom is -0.370 e. The summed E-state index contributed by atoms with van der Waals surface area (Å²) in [4.78, 5) is 8.52. The first-order valence-corrected chi connectivity index (χ1v) is 6.18. The molecule has 0 spiro atoms. The van der Waals surface area contributed by atoms with Crippen molar-refractivity contribution in [2.24, 2.45) is 0 Å². The van der Waals surface area contributed by atoms with Crippen molar-refractivity contribution < 1.29 is 0 Å². The second-order valence-electron chi connectivity index (χ2n) is 3.58. The Bertz CT molecular complexity index is 541. The van der Waals surface area contributed by atoms with Gasteiger partial charge >= 0.3 is 0 Å². The Morgan fingerprint density at radius 2 is 2.29 bits per heavy atom. The Morgan fingerprint density at radius 3 is 3.00 bits per heavy atom. The zero-order valence-corrected chi connectivity index (χ0v) is 10.3. The molecule has 2 aromatic heterocycles. The first-order chi connectivity index (χ1) is 8.28. The van der Waals surface area contributed by atoms with Crippen LogP contribution in [0.3, 0.4) is 0 Å². The van der Waals surface area contributed by atoms with Crippen molar-refractivity contribution in [2.45, 2.75) is 13.3 Å². The van der Waals surface area contributed by atoms with Gasteiger partial charge in [-0.25, -0.2) is 9.97 Å². The fourth-order valence-corrected chi connectivity index (χ4v) is 2.19. The third kappa shape index (κ3) is 3.26. The van der Waals surface area contributed by atoms with Crippen molar-refractivity contribution in [3.63, 3.8) is 0 Å². The molecular weight excluding hydrogens is 232 g/mol. The Morgan fingerprint density at radius 1 is 1.41 bits per heavy atom. The summed E-state index contributed by atoms with van der Waals surface area (Å²) < 4.78 is 0. The van der Waals surface area contributed by atoms with Crippen LogP contribution in [-0.2, 0) is 6.42 Å². The number of thiazole rings is 1. The van der Waals surface area contributed by atoms with Gasteiger partial charge in [-0.1, -0.05) is 6.07 Å². The lowest BCUT2D eigenvalue weighted by Gasteiger charge is -2.03. The number of rotatable bonds is 4. The molecule has 0 aliphatic rings. The standard InChI is InChI=1S/C12H12N4S/c1-9-8-17-12(15-9)5-6-14-11-4-2-3-10(7-13)16-11/h2-4,8H,5-6H2,1H3,(H,14,16). The van der Waals surface area contributed by atoms with Gasteiger partial charge in [-0.3, -0.25) is 0 Å². The molecular formula is C12H12N4S. The fraction of sp³-hybridized carbons (Fsp3) is 0.250. The monoisotopic (exact) mass is 244 g/mol. The van der Waals surface area contributed by atoms with E-state index in [1.54, 1.807) is 17.4 Å². The van der Waals surface area contributed by atoms with E-state index in [1.165, 1.54) is 0 Å². The molecule has 2 aromatic rings. The van der Waals surface area contributed by atoms with Crippen molar-refractivity contribution in [1.29, 1.82) is 5.26 Å². The molecule has 17 heavy (non-hydrogen) atoms. The van der Waals surface area contributed by atoms with Crippen molar-refractivity contribution >= 4 is 17.2 Å². The smallest absolute Gasteiger partial charge is 0.142 e. The number of pyridine rings is 1. The maximum atomic E-state index is 8.72. The second kappa shape index (κ2) is 5.41. The largest absolute Gasteiger partial charge is 0.370 e. The molecule has 5 heteroatoms. The normalized spacial score (nSPS) is 9.88. The summed E-state index contributed by atoms with van der Waals surface area (Å²) in [5.41, 5.74) is 1.50. The molecule has 0 saturated heterocycles. The summed E-state index contributed by atoms with van der Waals surface area (Å²) in [5.74, 6) is 0.734. The highest BCUT2D eigenvalue weighted by Crippen LogP contribution is 2.10. The number of anilines is 1. The van der Waals surface area contributed by atoms with Crippen molar-refractivity contribution in [3.8, 4) is 6.07 Å². The molecule has 0 aliphatic heterocycles. The molecule has 0 unspecified atom stereocenters. The Hall–Kier alpha value is -1.93. The molecule has 0 aromatic carbocycles. The van der Waals surface area contributed by atoms with Crippen molar-refractivity contribution in [3.05, 3.63) is 40.0 Å². The summed E-state index contributed by atoms with van der Waals surface area (Å²) in [6, 6.07) is 7.38. The molecule has 0 bridgehead atoms. The van der Waals surface area contributed by atoms with Crippen LogP contribution in [0, 0.1) is 18.3 Å². The predicted molar refractivity (Wildman–Crippen MR) is 68.0 cm³/mol. The quantitative estimate of drug-likeness (QED) is 0.897. The van der Waals surface area contributed by atoms with Crippen LogP contribution >= 0.6 is 11.3 Å². The minimum absolute atomic E-state index is 0.431. The molecule has 1 N–H and O–H groups in total. The molecule has 2 heterocycles. The van der Waals surface area contributed by atoms with E-state index in [0.29, 0.717) is 5.69 Å². The van der Waals surface area contributed by atoms with Crippen LogP contribution in [0.15, 0.2) is 23.6 Å². The van der Waals surface area contributed by atoms with Crippen LogP contribution in [-0.4, -0.2) is 16.5 Å². The Kier molecular flexibility index (Phi) is 3.68. The predicted octanol–water partition coefficient (Wildman–Crippen LogP) is 2.37. The molecule has 0 aliphatic carbocycles. The van der Waals surface area contributed by atoms with Crippen LogP contribution in [0.25, 0.3) is 0 Å². The van der Waals surface area contributed by atoms with E-state index in [9.17, 15) is 0 Å². The van der Waals surface area contributed by atoms with Gasteiger partial charge in [0.25, 0.3) is 0 Å². The van der Waals surface area contributed by atoms with Gasteiger partial charge in [0.05, 0.1) is 5.01 Å². The second-order valence-corrected chi connectivity index (χ2v) is 4.52. The van der Waals surface area contributed by atoms with E-state index in [1.807, 2.05) is 30.5 Å². The molecule has 2 rings (SSSR count). The summed E-state index contributed by atoms with van der Waals surface area (Å²) in [7, 11) is 0. The minimum atomic E-state index is 0.431. The molecule has 0 amide bonds. The van der Waals surface area contributed by atoms with Gasteiger partial charge in [0.2, 0.25) is 0 Å². The highest BCUT2D eigenvalue weighted by atomic mass is 32.1. The van der Waals surface area contributed by atoms with Crippen molar-refractivity contribution in [1.82, 2.24) is 9.97 Å². The van der Waals surface area contributed by atoms with E-state index in [-0.39, 0.29) is 0 Å². The first-order valence-electron chi connectivity index (χ1n) is 5.30. The lowest BCUT2D eigenvalue weighted by atomic mass is 10.3. The molecule has 0 saturated carbocycles. The lowest BCUT2D eigenvalue weighted by Crippen LogP contribution is -2.06. The fourth-order valence-electron chi connectivity index (χ4n) is 1.41. The maximum absolute atomic E-state index is 8.72. The maximum Gasteiger partial charge on any atom is 0.142 e. The van der Waals surface area contributed by atoms with Gasteiger partial charge in [0.1, 0.15) is 17.6 Å². The third-order valence-corrected chi connectivity index (χ3v) is 3.20. The molecule has 0 atom stereocenters. The summed E-state index contributed by atoms with van der Waals surface area (Å²) in [6.07, 6.45) is 0.872. The van der Waals surface area contributed by atoms with Crippen LogP contribution in [0.1, 0.15) is 16.4 Å². The number of aryl methyl sites for hydroxylation is 1. The topological polar surface area (TPSA) is 61.6 Å². The molecule has 86 valence electrons. The number of nitriles is 1. The van der Waals surface area contributed by atoms with Gasteiger partial charge in [-0.05, 0) is 19.1 Å². The number of nitrogens with one attached hydrogen (secondary N) is 1. The number of hydrogen-bond donors (Lipinski definition) is 1. The SMILES string of the molecule is Cc1csc(CCNc2cccc(C#N)n2)n1. The van der Waals surface area contributed by atoms with E-state index in [2.05, 4.69) is 15.3 Å². The van der Waals surface area contributed by atoms with Gasteiger partial charge < -0.3 is 5.32 Å². The van der Waals surface area contributed by atoms with E-state index >= 15 is 0 Å². The van der Waals surface area contributed by atoms with E-state index in [0.717, 1.165) is 29.5 Å². The zero-order chi connectivity index (χ0) is 12.1. The van der Waals surface area contributed by atoms with Crippen molar-refractivity contribution in [2.75, 3.05) is 11.9 Å². The molecule has 4 nitrogen and oxygen atoms in total. The van der Waals surface area contributed by atoms with Gasteiger partial charge in [-0.2, -0.15) is 5.26 Å². The Balaban J connectivity index is 1.88. The summed E-state index contributed by atoms with van der Waals surface area (Å²) in [6.45, 7) is 2.76. The van der Waals surface area contributed by atoms with Gasteiger partial charge in [0.15, 0.2) is 0 Å². The number of aromatic nitrogens is 2. The average molecular weight is 244 g/mol. The summed E-state index contributed by atoms with van der Waals surface area (Å²) >= 11 is 1.67. The molecule has 0 fully saturated rings. The number of hydrogen-bond acceptors (Lipinski definition) is 5. The Labute approximate surface area is 104 Å². The zero-order valence-electron chi connectivity index (χ0n) is 9.47. The van der Waals surface area contributed by atoms with E-state index in [4.69, 9.17) is 5.26 Å². The van der Waals surface area contributed by atoms with Crippen LogP contribution in [0.5, 0.6) is 0 Å². The third-order valence-electron chi connectivity index (χ3n) is 2.18. The first kappa shape index (κ1) is 11.6.